The van der Waals surface area contributed by atoms with Gasteiger partial charge in [0.1, 0.15) is 12.1 Å². The first-order chi connectivity index (χ1) is 14.8. The Labute approximate surface area is 182 Å². The number of aromatic nitrogens is 3. The number of benzene rings is 1. The minimum Gasteiger partial charge on any atom is -0.406 e. The van der Waals surface area contributed by atoms with E-state index in [9.17, 15) is 18.0 Å². The number of anilines is 1. The van der Waals surface area contributed by atoms with Crippen LogP contribution in [0.2, 0.25) is 0 Å². The van der Waals surface area contributed by atoms with Crippen molar-refractivity contribution in [2.45, 2.75) is 31.9 Å². The van der Waals surface area contributed by atoms with Crippen LogP contribution < -0.4 is 10.1 Å². The first kappa shape index (κ1) is 21.8. The van der Waals surface area contributed by atoms with Crippen LogP contribution in [0.5, 0.6) is 5.75 Å². The van der Waals surface area contributed by atoms with E-state index >= 15 is 0 Å². The lowest BCUT2D eigenvalue weighted by molar-refractivity contribution is -0.274. The van der Waals surface area contributed by atoms with Crippen molar-refractivity contribution in [3.8, 4) is 5.75 Å². The molecule has 0 atom stereocenters. The molecular formula is C19H23F3N6O2S. The maximum atomic E-state index is 12.3. The number of carbonyl (C=O) groups excluding carboxylic acids is 1. The zero-order valence-electron chi connectivity index (χ0n) is 16.7. The van der Waals surface area contributed by atoms with Crippen molar-refractivity contribution in [1.82, 2.24) is 24.1 Å². The van der Waals surface area contributed by atoms with Gasteiger partial charge in [0.25, 0.3) is 0 Å². The summed E-state index contributed by atoms with van der Waals surface area (Å²) in [5, 5.41) is 7.09. The number of rotatable bonds is 7. The molecule has 1 N–H and O–H groups in total. The predicted octanol–water partition coefficient (Wildman–Crippen LogP) is 2.86. The standard InChI is InChI=1S/C19H23F3N6O2S/c20-19(21,22)30-16-5-1-14(2-6-16)24-17(29)11-25-7-9-26(10-8-25)13-28-18(31)27(12-23-28)15-3-4-15/h1-2,5-6,12,15H,3-4,7-11,13H2,(H,24,29). The van der Waals surface area contributed by atoms with E-state index in [0.717, 1.165) is 55.9 Å². The van der Waals surface area contributed by atoms with Crippen molar-refractivity contribution < 1.29 is 22.7 Å². The minimum atomic E-state index is -4.74. The van der Waals surface area contributed by atoms with Gasteiger partial charge in [-0.3, -0.25) is 14.6 Å². The number of nitrogens with zero attached hydrogens (tertiary/aromatic N) is 5. The number of hydrogen-bond donors (Lipinski definition) is 1. The molecule has 2 fully saturated rings. The lowest BCUT2D eigenvalue weighted by Gasteiger charge is -2.33. The summed E-state index contributed by atoms with van der Waals surface area (Å²) in [4.78, 5) is 16.6. The van der Waals surface area contributed by atoms with E-state index < -0.39 is 6.36 Å². The van der Waals surface area contributed by atoms with Gasteiger partial charge in [0.2, 0.25) is 5.91 Å². The van der Waals surface area contributed by atoms with E-state index in [0.29, 0.717) is 18.4 Å². The highest BCUT2D eigenvalue weighted by Crippen LogP contribution is 2.34. The molecule has 8 nitrogen and oxygen atoms in total. The first-order valence-electron chi connectivity index (χ1n) is 10.0. The van der Waals surface area contributed by atoms with Gasteiger partial charge in [0.05, 0.1) is 13.2 Å². The number of piperazine rings is 1. The van der Waals surface area contributed by atoms with Crippen molar-refractivity contribution in [3.05, 3.63) is 35.4 Å². The third-order valence-corrected chi connectivity index (χ3v) is 5.66. The molecule has 1 amide bonds. The molecule has 0 bridgehead atoms. The molecule has 1 aromatic heterocycles. The SMILES string of the molecule is O=C(CN1CCN(Cn2ncn(C3CC3)c2=S)CC1)Nc1ccc(OC(F)(F)F)cc1. The molecule has 4 rings (SSSR count). The van der Waals surface area contributed by atoms with Gasteiger partial charge in [-0.1, -0.05) is 0 Å². The Morgan fingerprint density at radius 3 is 2.39 bits per heavy atom. The average molecular weight is 456 g/mol. The highest BCUT2D eigenvalue weighted by Gasteiger charge is 2.31. The summed E-state index contributed by atoms with van der Waals surface area (Å²) in [6.45, 7) is 3.86. The number of amides is 1. The molecule has 1 saturated carbocycles. The van der Waals surface area contributed by atoms with Crippen LogP contribution in [0, 0.1) is 4.77 Å². The van der Waals surface area contributed by atoms with Crippen LogP contribution in [0.1, 0.15) is 18.9 Å². The predicted molar refractivity (Wildman–Crippen MR) is 109 cm³/mol. The Bertz CT molecular complexity index is 962. The first-order valence-corrected chi connectivity index (χ1v) is 10.4. The molecule has 2 aromatic rings. The number of hydrogen-bond acceptors (Lipinski definition) is 6. The second-order valence-corrected chi connectivity index (χ2v) is 8.07. The van der Waals surface area contributed by atoms with E-state index in [1.54, 1.807) is 0 Å². The molecule has 2 aliphatic rings. The number of halogens is 3. The van der Waals surface area contributed by atoms with Crippen LogP contribution in [0.25, 0.3) is 0 Å². The van der Waals surface area contributed by atoms with E-state index in [-0.39, 0.29) is 18.2 Å². The summed E-state index contributed by atoms with van der Waals surface area (Å²) in [5.74, 6) is -0.549. The second-order valence-electron chi connectivity index (χ2n) is 7.71. The van der Waals surface area contributed by atoms with Crippen molar-refractivity contribution in [3.63, 3.8) is 0 Å². The Morgan fingerprint density at radius 2 is 1.77 bits per heavy atom. The van der Waals surface area contributed by atoms with Crippen LogP contribution in [-0.4, -0.2) is 69.1 Å². The molecule has 1 aliphatic carbocycles. The lowest BCUT2D eigenvalue weighted by Crippen LogP contribution is -2.49. The van der Waals surface area contributed by atoms with Crippen molar-refractivity contribution in [2.75, 3.05) is 38.0 Å². The molecule has 1 aliphatic heterocycles. The minimum absolute atomic E-state index is 0.213. The lowest BCUT2D eigenvalue weighted by atomic mass is 10.3. The maximum absolute atomic E-state index is 12.3. The van der Waals surface area contributed by atoms with E-state index in [2.05, 4.69) is 24.6 Å². The van der Waals surface area contributed by atoms with Gasteiger partial charge >= 0.3 is 6.36 Å². The number of alkyl halides is 3. The third-order valence-electron chi connectivity index (χ3n) is 5.24. The largest absolute Gasteiger partial charge is 0.573 e. The molecule has 1 aromatic carbocycles. The maximum Gasteiger partial charge on any atom is 0.573 e. The van der Waals surface area contributed by atoms with Gasteiger partial charge in [-0.25, -0.2) is 4.68 Å². The average Bonchev–Trinajstić information content (AvgIpc) is 3.48. The van der Waals surface area contributed by atoms with Crippen molar-refractivity contribution in [2.24, 2.45) is 0 Å². The molecule has 12 heteroatoms. The van der Waals surface area contributed by atoms with Crippen molar-refractivity contribution >= 4 is 23.8 Å². The summed E-state index contributed by atoms with van der Waals surface area (Å²) in [6, 6.07) is 5.59. The summed E-state index contributed by atoms with van der Waals surface area (Å²) >= 11 is 5.50. The van der Waals surface area contributed by atoms with Crippen LogP contribution in [0.3, 0.4) is 0 Å². The number of carbonyl (C=O) groups is 1. The summed E-state index contributed by atoms with van der Waals surface area (Å²) in [6.07, 6.45) is -0.615. The van der Waals surface area contributed by atoms with Gasteiger partial charge in [-0.2, -0.15) is 5.10 Å². The molecular weight excluding hydrogens is 433 g/mol. The van der Waals surface area contributed by atoms with Gasteiger partial charge in [-0.05, 0) is 49.3 Å². The normalized spacial score (nSPS) is 18.2. The second kappa shape index (κ2) is 8.97. The topological polar surface area (TPSA) is 67.6 Å². The molecule has 0 spiro atoms. The monoisotopic (exact) mass is 456 g/mol. The number of ether oxygens (including phenoxy) is 1. The van der Waals surface area contributed by atoms with Gasteiger partial charge < -0.3 is 14.6 Å². The van der Waals surface area contributed by atoms with E-state index in [1.165, 1.54) is 12.1 Å². The number of nitrogens with one attached hydrogen (secondary N) is 1. The molecule has 0 radical (unpaired) electrons. The smallest absolute Gasteiger partial charge is 0.406 e. The molecule has 0 unspecified atom stereocenters. The quantitative estimate of drug-likeness (QED) is 0.647. The van der Waals surface area contributed by atoms with Crippen LogP contribution in [-0.2, 0) is 11.5 Å². The van der Waals surface area contributed by atoms with Crippen LogP contribution in [0.15, 0.2) is 30.6 Å². The highest BCUT2D eigenvalue weighted by molar-refractivity contribution is 7.71. The van der Waals surface area contributed by atoms with Crippen LogP contribution >= 0.6 is 12.2 Å². The Kier molecular flexibility index (Phi) is 6.30. The third kappa shape index (κ3) is 6.05. The van der Waals surface area contributed by atoms with E-state index in [1.807, 2.05) is 15.9 Å². The Hall–Kier alpha value is -2.44. The van der Waals surface area contributed by atoms with Crippen molar-refractivity contribution in [1.29, 1.82) is 0 Å². The fourth-order valence-electron chi connectivity index (χ4n) is 3.47. The zero-order valence-corrected chi connectivity index (χ0v) is 17.5. The molecule has 1 saturated heterocycles. The Balaban J connectivity index is 1.20. The molecule has 2 heterocycles. The molecule has 31 heavy (non-hydrogen) atoms. The Morgan fingerprint density at radius 1 is 1.13 bits per heavy atom. The summed E-state index contributed by atoms with van der Waals surface area (Å²) in [7, 11) is 0. The van der Waals surface area contributed by atoms with Gasteiger partial charge in [0.15, 0.2) is 4.77 Å². The fraction of sp³-hybridized carbons (Fsp3) is 0.526. The van der Waals surface area contributed by atoms with Crippen LogP contribution in [0.4, 0.5) is 18.9 Å². The van der Waals surface area contributed by atoms with Gasteiger partial charge in [0, 0.05) is 37.9 Å². The van der Waals surface area contributed by atoms with E-state index in [4.69, 9.17) is 12.2 Å². The highest BCUT2D eigenvalue weighted by atomic mass is 32.1. The fourth-order valence-corrected chi connectivity index (χ4v) is 3.77. The molecule has 168 valence electrons. The van der Waals surface area contributed by atoms with Gasteiger partial charge in [-0.15, -0.1) is 13.2 Å². The summed E-state index contributed by atoms with van der Waals surface area (Å²) in [5.41, 5.74) is 0.416. The zero-order chi connectivity index (χ0) is 22.0. The summed E-state index contributed by atoms with van der Waals surface area (Å²) < 4.78 is 45.1.